The Morgan fingerprint density at radius 3 is 1.65 bits per heavy atom. The van der Waals surface area contributed by atoms with Crippen molar-refractivity contribution in [2.45, 2.75) is 26.2 Å². The van der Waals surface area contributed by atoms with E-state index in [4.69, 9.17) is 9.72 Å². The molecule has 5 nitrogen and oxygen atoms in total. The average molecular weight is 885 g/mol. The molecule has 2 aliphatic rings. The van der Waals surface area contributed by atoms with Gasteiger partial charge in [-0.05, 0) is 126 Å². The molecule has 12 aromatic rings. The van der Waals surface area contributed by atoms with Gasteiger partial charge in [-0.3, -0.25) is 13.7 Å². The van der Waals surface area contributed by atoms with Gasteiger partial charge in [0.1, 0.15) is 17.3 Å². The standard InChI is InChI=1S/C64H44N4O/c1-64(2,3)40-34-35-65-60(36-40)68-57-30-11-10-24-50(57)51-33-32-43(38-59(51)68)69-42-17-12-16-41(37-42)66-39-67-62-54-27-14-28-55(62)49-23-9-7-21-47(49)53-26-13-25-52(61(53)56-29-15-31-58(66)63(56)67)46-20-6-4-18-44(46)45-19-5-8-22-48(45)54/h4-38H,1-3H3. The van der Waals surface area contributed by atoms with Crippen LogP contribution in [0, 0.1) is 6.33 Å². The third-order valence-corrected chi connectivity index (χ3v) is 14.3. The maximum absolute atomic E-state index is 6.87. The van der Waals surface area contributed by atoms with Crippen molar-refractivity contribution in [2.75, 3.05) is 0 Å². The highest BCUT2D eigenvalue weighted by molar-refractivity contribution is 6.11. The highest BCUT2D eigenvalue weighted by Gasteiger charge is 2.30. The van der Waals surface area contributed by atoms with Crippen molar-refractivity contribution in [2.24, 2.45) is 0 Å². The predicted octanol–water partition coefficient (Wildman–Crippen LogP) is 15.9. The SMILES string of the molecule is CC(C)(C)c1ccnc(-n2c3ccccc3c3ccc(Oc4cccc(-n5[c-][n+]6c7c(cccc75)-c5c7cccc5-c5ccccc5-c5cccc(c5-6)-c5ccccc5-c5ccccc5-7)c4)cc32)c1. The third-order valence-electron chi connectivity index (χ3n) is 14.3. The predicted molar refractivity (Wildman–Crippen MR) is 281 cm³/mol. The van der Waals surface area contributed by atoms with E-state index in [2.05, 4.69) is 241 Å². The number of imidazole rings is 1. The Balaban J connectivity index is 0.992. The fraction of sp³-hybridized carbons (Fsp3) is 0.0625. The summed E-state index contributed by atoms with van der Waals surface area (Å²) in [5.41, 5.74) is 21.6. The van der Waals surface area contributed by atoms with Crippen LogP contribution in [0.1, 0.15) is 26.3 Å². The van der Waals surface area contributed by atoms with E-state index in [9.17, 15) is 0 Å². The van der Waals surface area contributed by atoms with Crippen LogP contribution in [-0.2, 0) is 5.41 Å². The summed E-state index contributed by atoms with van der Waals surface area (Å²) in [5.74, 6) is 2.35. The second kappa shape index (κ2) is 14.9. The molecule has 3 aromatic heterocycles. The molecule has 326 valence electrons. The van der Waals surface area contributed by atoms with Crippen molar-refractivity contribution in [3.63, 3.8) is 0 Å². The van der Waals surface area contributed by atoms with Gasteiger partial charge in [0.2, 0.25) is 0 Å². The molecule has 2 aliphatic heterocycles. The molecule has 0 radical (unpaired) electrons. The summed E-state index contributed by atoms with van der Waals surface area (Å²) >= 11 is 0. The number of pyridine rings is 1. The molecule has 0 N–H and O–H groups in total. The number of benzene rings is 9. The summed E-state index contributed by atoms with van der Waals surface area (Å²) in [4.78, 5) is 4.91. The van der Waals surface area contributed by atoms with Crippen molar-refractivity contribution in [1.29, 1.82) is 0 Å². The van der Waals surface area contributed by atoms with Crippen LogP contribution >= 0.6 is 0 Å². The Morgan fingerprint density at radius 2 is 0.971 bits per heavy atom. The van der Waals surface area contributed by atoms with E-state index < -0.39 is 0 Å². The van der Waals surface area contributed by atoms with Crippen molar-refractivity contribution in [3.8, 4) is 95.5 Å². The number of nitrogens with zero attached hydrogens (tertiary/aromatic N) is 4. The minimum absolute atomic E-state index is 0.0229. The van der Waals surface area contributed by atoms with Crippen molar-refractivity contribution >= 4 is 32.8 Å². The fourth-order valence-electron chi connectivity index (χ4n) is 11.2. The van der Waals surface area contributed by atoms with Gasteiger partial charge in [-0.1, -0.05) is 172 Å². The van der Waals surface area contributed by atoms with E-state index in [-0.39, 0.29) is 5.41 Å². The number of ether oxygens (including phenoxy) is 1. The molecule has 0 saturated carbocycles. The lowest BCUT2D eigenvalue weighted by molar-refractivity contribution is -0.570. The minimum atomic E-state index is -0.0229. The van der Waals surface area contributed by atoms with Gasteiger partial charge in [0.05, 0.1) is 33.4 Å². The van der Waals surface area contributed by atoms with Crippen molar-refractivity contribution < 1.29 is 9.30 Å². The topological polar surface area (TPSA) is 35.9 Å². The zero-order valence-corrected chi connectivity index (χ0v) is 38.4. The van der Waals surface area contributed by atoms with Gasteiger partial charge >= 0.3 is 0 Å². The molecular weight excluding hydrogens is 841 g/mol. The van der Waals surface area contributed by atoms with Gasteiger partial charge in [0, 0.05) is 23.0 Å². The first-order chi connectivity index (χ1) is 33.9. The van der Waals surface area contributed by atoms with Crippen LogP contribution < -0.4 is 9.30 Å². The molecule has 0 amide bonds. The Bertz CT molecular complexity index is 4110. The van der Waals surface area contributed by atoms with Crippen LogP contribution in [0.4, 0.5) is 0 Å². The fourth-order valence-corrected chi connectivity index (χ4v) is 11.2. The minimum Gasteiger partial charge on any atom is -0.458 e. The molecule has 2 bridgehead atoms. The molecule has 0 aliphatic carbocycles. The zero-order chi connectivity index (χ0) is 46.0. The molecule has 0 unspecified atom stereocenters. The maximum atomic E-state index is 6.87. The van der Waals surface area contributed by atoms with Crippen LogP contribution in [0.2, 0.25) is 0 Å². The Hall–Kier alpha value is -8.80. The molecule has 69 heavy (non-hydrogen) atoms. The summed E-state index contributed by atoms with van der Waals surface area (Å²) in [5, 5.41) is 2.32. The lowest BCUT2D eigenvalue weighted by Gasteiger charge is -2.23. The van der Waals surface area contributed by atoms with Gasteiger partial charge in [0.15, 0.2) is 0 Å². The first kappa shape index (κ1) is 39.4. The van der Waals surface area contributed by atoms with E-state index in [0.717, 1.165) is 72.8 Å². The Labute approximate surface area is 400 Å². The monoisotopic (exact) mass is 884 g/mol. The van der Waals surface area contributed by atoms with Crippen LogP contribution in [0.25, 0.3) is 117 Å². The molecule has 5 heterocycles. The molecule has 0 saturated heterocycles. The van der Waals surface area contributed by atoms with Crippen molar-refractivity contribution in [1.82, 2.24) is 14.1 Å². The van der Waals surface area contributed by atoms with E-state index in [0.29, 0.717) is 0 Å². The van der Waals surface area contributed by atoms with Gasteiger partial charge in [-0.15, -0.1) is 0 Å². The van der Waals surface area contributed by atoms with E-state index in [1.54, 1.807) is 0 Å². The quantitative estimate of drug-likeness (QED) is 0.130. The first-order valence-corrected chi connectivity index (χ1v) is 23.7. The van der Waals surface area contributed by atoms with Crippen LogP contribution in [0.15, 0.2) is 212 Å². The lowest BCUT2D eigenvalue weighted by atomic mass is 9.81. The number of rotatable bonds is 4. The Morgan fingerprint density at radius 1 is 0.449 bits per heavy atom. The number of para-hydroxylation sites is 3. The average Bonchev–Trinajstić information content (AvgIpc) is 3.94. The summed E-state index contributed by atoms with van der Waals surface area (Å²) in [6, 6.07) is 74.7. The van der Waals surface area contributed by atoms with Crippen LogP contribution in [0.5, 0.6) is 11.5 Å². The zero-order valence-electron chi connectivity index (χ0n) is 38.4. The smallest absolute Gasteiger partial charge is 0.269 e. The van der Waals surface area contributed by atoms with Gasteiger partial charge < -0.3 is 4.74 Å². The summed E-state index contributed by atoms with van der Waals surface area (Å²) in [7, 11) is 0. The molecule has 0 spiro atoms. The number of hydrogen-bond acceptors (Lipinski definition) is 2. The van der Waals surface area contributed by atoms with Gasteiger partial charge in [-0.2, -0.15) is 0 Å². The Kier molecular flexibility index (Phi) is 8.47. The number of hydrogen-bond donors (Lipinski definition) is 0. The highest BCUT2D eigenvalue weighted by Crippen LogP contribution is 2.51. The number of fused-ring (bicyclic) bond motifs is 11. The van der Waals surface area contributed by atoms with E-state index >= 15 is 0 Å². The lowest BCUT2D eigenvalue weighted by Crippen LogP contribution is -2.32. The maximum Gasteiger partial charge on any atom is 0.269 e. The molecule has 0 atom stereocenters. The molecule has 9 aromatic carbocycles. The number of aromatic nitrogens is 4. The first-order valence-electron chi connectivity index (χ1n) is 23.7. The second-order valence-electron chi connectivity index (χ2n) is 19.3. The normalized spacial score (nSPS) is 12.3. The van der Waals surface area contributed by atoms with Crippen LogP contribution in [0.3, 0.4) is 0 Å². The van der Waals surface area contributed by atoms with Crippen molar-refractivity contribution in [3.05, 3.63) is 224 Å². The van der Waals surface area contributed by atoms with Gasteiger partial charge in [0.25, 0.3) is 6.33 Å². The van der Waals surface area contributed by atoms with E-state index in [1.807, 2.05) is 12.3 Å². The largest absolute Gasteiger partial charge is 0.458 e. The third kappa shape index (κ3) is 5.96. The highest BCUT2D eigenvalue weighted by atomic mass is 16.5. The molecule has 5 heteroatoms. The molecule has 14 rings (SSSR count). The summed E-state index contributed by atoms with van der Waals surface area (Å²) in [6.07, 6.45) is 5.91. The molecular formula is C64H44N4O. The van der Waals surface area contributed by atoms with Crippen LogP contribution in [-0.4, -0.2) is 14.1 Å². The molecule has 0 fully saturated rings. The second-order valence-corrected chi connectivity index (χ2v) is 19.3. The summed E-state index contributed by atoms with van der Waals surface area (Å²) in [6.45, 7) is 6.72. The van der Waals surface area contributed by atoms with Gasteiger partial charge in [-0.25, -0.2) is 4.98 Å². The summed E-state index contributed by atoms with van der Waals surface area (Å²) < 4.78 is 13.7. The van der Waals surface area contributed by atoms with E-state index in [1.165, 1.54) is 61.0 Å².